The van der Waals surface area contributed by atoms with Gasteiger partial charge in [0, 0.05) is 52.9 Å². The number of halogens is 1. The summed E-state index contributed by atoms with van der Waals surface area (Å²) in [6, 6.07) is 17.5. The first kappa shape index (κ1) is 33.6. The molecule has 3 aromatic carbocycles. The van der Waals surface area contributed by atoms with Gasteiger partial charge in [-0.1, -0.05) is 29.3 Å². The Morgan fingerprint density at radius 1 is 0.745 bits per heavy atom. The quantitative estimate of drug-likeness (QED) is 0.107. The van der Waals surface area contributed by atoms with E-state index in [2.05, 4.69) is 33.1 Å². The van der Waals surface area contributed by atoms with Crippen LogP contribution in [0.3, 0.4) is 0 Å². The normalized spacial score (nSPS) is 11.0. The fourth-order valence-corrected chi connectivity index (χ4v) is 5.70. The van der Waals surface area contributed by atoms with E-state index in [9.17, 15) is 0 Å². The zero-order valence-corrected chi connectivity index (χ0v) is 29.3. The average Bonchev–Trinajstić information content (AvgIpc) is 3.50. The van der Waals surface area contributed by atoms with Crippen molar-refractivity contribution in [3.63, 3.8) is 0 Å². The predicted molar refractivity (Wildman–Crippen MR) is 187 cm³/mol. The molecule has 0 aliphatic heterocycles. The number of benzene rings is 3. The molecule has 0 aliphatic carbocycles. The summed E-state index contributed by atoms with van der Waals surface area (Å²) in [4.78, 5) is 12.3. The molecule has 2 heterocycles. The number of rotatable bonds is 16. The summed E-state index contributed by atoms with van der Waals surface area (Å²) in [7, 11) is 8.26. The van der Waals surface area contributed by atoms with Gasteiger partial charge in [-0.2, -0.15) is 10.1 Å². The first-order valence-electron chi connectivity index (χ1n) is 15.4. The lowest BCUT2D eigenvalue weighted by atomic mass is 10.1. The van der Waals surface area contributed by atoms with E-state index in [4.69, 9.17) is 38.8 Å². The topological polar surface area (TPSA) is 105 Å². The first-order valence-corrected chi connectivity index (χ1v) is 16.2. The molecule has 1 N–H and O–H groups in total. The minimum Gasteiger partial charge on any atom is -0.497 e. The fraction of sp³-hybridized carbons (Fsp3) is 0.343. The van der Waals surface area contributed by atoms with E-state index in [1.807, 2.05) is 65.5 Å². The molecule has 2 aromatic heterocycles. The van der Waals surface area contributed by atoms with Crippen molar-refractivity contribution in [3.05, 3.63) is 82.0 Å². The molecule has 5 rings (SSSR count). The van der Waals surface area contributed by atoms with Crippen LogP contribution < -0.4 is 33.9 Å². The third-order valence-electron chi connectivity index (χ3n) is 7.79. The van der Waals surface area contributed by atoms with Gasteiger partial charge in [-0.25, -0.2) is 4.98 Å². The second kappa shape index (κ2) is 15.7. The Morgan fingerprint density at radius 3 is 1.96 bits per heavy atom. The van der Waals surface area contributed by atoms with E-state index >= 15 is 0 Å². The van der Waals surface area contributed by atoms with Crippen LogP contribution in [-0.4, -0.2) is 61.8 Å². The van der Waals surface area contributed by atoms with Crippen LogP contribution in [-0.2, 0) is 19.6 Å². The Hall–Kier alpha value is -4.71. The van der Waals surface area contributed by atoms with E-state index < -0.39 is 0 Å². The molecular weight excluding hydrogens is 664 g/mol. The van der Waals surface area contributed by atoms with Crippen molar-refractivity contribution < 1.29 is 23.7 Å². The number of ether oxygens (including phenoxy) is 5. The number of nitrogens with one attached hydrogen (secondary N) is 1. The average molecular weight is 706 g/mol. The standard InChI is InChI=1S/C35H41BrN6O5/c1-7-8-15-37-34-33-29(22-42(40-33)21-25-16-26(36)11-14-30(25)45-4)38-35(39-34)41(19-23-9-12-27(43-2)17-31(23)46-5)20-24-10-13-28(44-3)18-32(24)47-6/h9-14,16-18,22H,7-8,15,19-21H2,1-6H3,(H,37,38,39). The molecular formula is C35H41BrN6O5. The van der Waals surface area contributed by atoms with Gasteiger partial charge in [-0.15, -0.1) is 0 Å². The zero-order chi connectivity index (χ0) is 33.3. The van der Waals surface area contributed by atoms with Crippen molar-refractivity contribution >= 4 is 38.7 Å². The van der Waals surface area contributed by atoms with Gasteiger partial charge in [0.15, 0.2) is 11.3 Å². The second-order valence-electron chi connectivity index (χ2n) is 10.9. The summed E-state index contributed by atoms with van der Waals surface area (Å²) in [5, 5.41) is 8.45. The van der Waals surface area contributed by atoms with Crippen LogP contribution in [0.15, 0.2) is 65.3 Å². The van der Waals surface area contributed by atoms with Crippen molar-refractivity contribution in [1.29, 1.82) is 0 Å². The molecule has 11 nitrogen and oxygen atoms in total. The van der Waals surface area contributed by atoms with Crippen molar-refractivity contribution in [3.8, 4) is 28.7 Å². The Balaban J connectivity index is 1.61. The highest BCUT2D eigenvalue weighted by Gasteiger charge is 2.21. The number of methoxy groups -OCH3 is 5. The summed E-state index contributed by atoms with van der Waals surface area (Å²) in [5.74, 6) is 4.82. The Morgan fingerprint density at radius 2 is 1.38 bits per heavy atom. The van der Waals surface area contributed by atoms with E-state index in [1.54, 1.807) is 35.5 Å². The number of nitrogens with zero attached hydrogens (tertiary/aromatic N) is 5. The highest BCUT2D eigenvalue weighted by atomic mass is 79.9. The van der Waals surface area contributed by atoms with E-state index in [0.29, 0.717) is 59.9 Å². The van der Waals surface area contributed by atoms with E-state index in [1.165, 1.54) is 0 Å². The van der Waals surface area contributed by atoms with Gasteiger partial charge in [-0.3, -0.25) is 4.68 Å². The van der Waals surface area contributed by atoms with Crippen LogP contribution >= 0.6 is 15.9 Å². The molecule has 0 radical (unpaired) electrons. The molecule has 0 saturated heterocycles. The second-order valence-corrected chi connectivity index (χ2v) is 11.8. The van der Waals surface area contributed by atoms with Crippen LogP contribution in [0.1, 0.15) is 36.5 Å². The van der Waals surface area contributed by atoms with Crippen LogP contribution in [0.4, 0.5) is 11.8 Å². The molecule has 0 spiro atoms. The van der Waals surface area contributed by atoms with Gasteiger partial charge in [0.1, 0.15) is 34.3 Å². The number of fused-ring (bicyclic) bond motifs is 1. The highest BCUT2D eigenvalue weighted by molar-refractivity contribution is 9.10. The van der Waals surface area contributed by atoms with E-state index in [-0.39, 0.29) is 0 Å². The van der Waals surface area contributed by atoms with Crippen LogP contribution in [0.2, 0.25) is 0 Å². The van der Waals surface area contributed by atoms with E-state index in [0.717, 1.165) is 51.8 Å². The SMILES string of the molecule is CCCCNc1nc(N(Cc2ccc(OC)cc2OC)Cc2ccc(OC)cc2OC)nc2cn(Cc3cc(Br)ccc3OC)nc12. The van der Waals surface area contributed by atoms with Gasteiger partial charge in [0.2, 0.25) is 5.95 Å². The van der Waals surface area contributed by atoms with Crippen molar-refractivity contribution in [1.82, 2.24) is 19.7 Å². The Kier molecular flexibility index (Phi) is 11.3. The Bertz CT molecular complexity index is 1760. The summed E-state index contributed by atoms with van der Waals surface area (Å²) in [5.41, 5.74) is 4.30. The molecule has 0 saturated carbocycles. The van der Waals surface area contributed by atoms with Crippen LogP contribution in [0.25, 0.3) is 11.0 Å². The molecule has 0 aliphatic rings. The molecule has 0 atom stereocenters. The lowest BCUT2D eigenvalue weighted by Crippen LogP contribution is -2.25. The summed E-state index contributed by atoms with van der Waals surface area (Å²) in [6.45, 7) is 4.32. The highest BCUT2D eigenvalue weighted by Crippen LogP contribution is 2.32. The van der Waals surface area contributed by atoms with Crippen molar-refractivity contribution in [2.75, 3.05) is 52.3 Å². The summed E-state index contributed by atoms with van der Waals surface area (Å²) in [6.07, 6.45) is 3.99. The molecule has 0 unspecified atom stereocenters. The molecule has 248 valence electrons. The molecule has 47 heavy (non-hydrogen) atoms. The summed E-state index contributed by atoms with van der Waals surface area (Å²) < 4.78 is 30.9. The minimum absolute atomic E-state index is 0.450. The number of hydrogen-bond donors (Lipinski definition) is 1. The Labute approximate surface area is 283 Å². The molecule has 0 amide bonds. The first-order chi connectivity index (χ1) is 22.9. The largest absolute Gasteiger partial charge is 0.497 e. The third-order valence-corrected chi connectivity index (χ3v) is 8.28. The van der Waals surface area contributed by atoms with Crippen LogP contribution in [0.5, 0.6) is 28.7 Å². The number of aromatic nitrogens is 4. The maximum atomic E-state index is 5.77. The number of hydrogen-bond acceptors (Lipinski definition) is 10. The molecule has 0 bridgehead atoms. The lowest BCUT2D eigenvalue weighted by Gasteiger charge is -2.25. The number of anilines is 2. The van der Waals surface area contributed by atoms with Crippen molar-refractivity contribution in [2.45, 2.75) is 39.4 Å². The van der Waals surface area contributed by atoms with Crippen molar-refractivity contribution in [2.24, 2.45) is 0 Å². The summed E-state index contributed by atoms with van der Waals surface area (Å²) >= 11 is 3.58. The fourth-order valence-electron chi connectivity index (χ4n) is 5.30. The van der Waals surface area contributed by atoms with Gasteiger partial charge in [-0.05, 0) is 48.9 Å². The van der Waals surface area contributed by atoms with Crippen LogP contribution in [0, 0.1) is 0 Å². The third kappa shape index (κ3) is 7.99. The number of unbranched alkanes of at least 4 members (excludes halogenated alkanes) is 1. The smallest absolute Gasteiger partial charge is 0.228 e. The van der Waals surface area contributed by atoms with Gasteiger partial charge in [0.25, 0.3) is 0 Å². The predicted octanol–water partition coefficient (Wildman–Crippen LogP) is 7.10. The van der Waals surface area contributed by atoms with Gasteiger partial charge in [0.05, 0.1) is 48.3 Å². The lowest BCUT2D eigenvalue weighted by molar-refractivity contribution is 0.389. The maximum Gasteiger partial charge on any atom is 0.228 e. The monoisotopic (exact) mass is 704 g/mol. The minimum atomic E-state index is 0.450. The molecule has 12 heteroatoms. The van der Waals surface area contributed by atoms with Gasteiger partial charge < -0.3 is 33.9 Å². The zero-order valence-electron chi connectivity index (χ0n) is 27.7. The van der Waals surface area contributed by atoms with Gasteiger partial charge >= 0.3 is 0 Å². The molecule has 5 aromatic rings. The maximum absolute atomic E-state index is 5.77. The molecule has 0 fully saturated rings.